The van der Waals surface area contributed by atoms with Crippen molar-refractivity contribution in [3.63, 3.8) is 0 Å². The van der Waals surface area contributed by atoms with Gasteiger partial charge in [0.1, 0.15) is 6.17 Å². The van der Waals surface area contributed by atoms with Gasteiger partial charge in [-0.25, -0.2) is 18.6 Å². The number of ether oxygens (including phenoxy) is 1. The summed E-state index contributed by atoms with van der Waals surface area (Å²) in [7, 11) is 0. The van der Waals surface area contributed by atoms with Crippen molar-refractivity contribution in [3.05, 3.63) is 17.3 Å². The number of carbonyl (C=O) groups excluding carboxylic acids is 1. The van der Waals surface area contributed by atoms with Crippen LogP contribution in [0.2, 0.25) is 5.28 Å². The Bertz CT molecular complexity index is 404. The van der Waals surface area contributed by atoms with Gasteiger partial charge in [0, 0.05) is 6.42 Å². The van der Waals surface area contributed by atoms with E-state index in [1.54, 1.807) is 0 Å². The highest BCUT2D eigenvalue weighted by molar-refractivity contribution is 6.28. The van der Waals surface area contributed by atoms with Crippen LogP contribution in [0.15, 0.2) is 6.20 Å². The number of hydrogen-bond donors (Lipinski definition) is 1. The normalized spacial score (nSPS) is 12.0. The summed E-state index contributed by atoms with van der Waals surface area (Å²) in [6.45, 7) is 1.23. The van der Waals surface area contributed by atoms with Gasteiger partial charge in [-0.05, 0) is 18.5 Å². The average molecular weight is 266 g/mol. The van der Waals surface area contributed by atoms with Gasteiger partial charge >= 0.3 is 6.09 Å². The minimum absolute atomic E-state index is 0.0699. The molecule has 1 rings (SSSR count). The second kappa shape index (κ2) is 6.29. The third kappa shape index (κ3) is 4.90. The largest absolute Gasteiger partial charge is 0.449 e. The second-order valence-electron chi connectivity index (χ2n) is 3.17. The Morgan fingerprint density at radius 2 is 2.41 bits per heavy atom. The maximum absolute atomic E-state index is 13.1. The van der Waals surface area contributed by atoms with Crippen LogP contribution in [0.1, 0.15) is 13.3 Å². The van der Waals surface area contributed by atoms with Gasteiger partial charge in [0.15, 0.2) is 11.6 Å². The van der Waals surface area contributed by atoms with Crippen molar-refractivity contribution >= 4 is 23.5 Å². The second-order valence-corrected chi connectivity index (χ2v) is 3.50. The lowest BCUT2D eigenvalue weighted by molar-refractivity contribution is 0.149. The Balaban J connectivity index is 2.47. The molecule has 0 aliphatic rings. The van der Waals surface area contributed by atoms with E-state index in [-0.39, 0.29) is 24.1 Å². The fourth-order valence-electron chi connectivity index (χ4n) is 0.880. The summed E-state index contributed by atoms with van der Waals surface area (Å²) < 4.78 is 30.0. The summed E-state index contributed by atoms with van der Waals surface area (Å²) in [5.74, 6) is -1.23. The summed E-state index contributed by atoms with van der Waals surface area (Å²) in [6.07, 6.45) is -1.12. The van der Waals surface area contributed by atoms with E-state index in [0.29, 0.717) is 0 Å². The highest BCUT2D eigenvalue weighted by Gasteiger charge is 2.11. The zero-order valence-corrected chi connectivity index (χ0v) is 9.67. The average Bonchev–Trinajstić information content (AvgIpc) is 2.23. The smallest absolute Gasteiger partial charge is 0.412 e. The van der Waals surface area contributed by atoms with Gasteiger partial charge in [-0.15, -0.1) is 0 Å². The van der Waals surface area contributed by atoms with Crippen molar-refractivity contribution in [1.29, 1.82) is 0 Å². The number of alkyl halides is 1. The number of nitrogens with one attached hydrogen (secondary N) is 1. The molecular weight excluding hydrogens is 256 g/mol. The van der Waals surface area contributed by atoms with Crippen molar-refractivity contribution in [1.82, 2.24) is 9.97 Å². The van der Waals surface area contributed by atoms with E-state index >= 15 is 0 Å². The molecule has 0 radical (unpaired) electrons. The molecule has 0 saturated carbocycles. The molecule has 94 valence electrons. The van der Waals surface area contributed by atoms with Crippen LogP contribution < -0.4 is 5.32 Å². The lowest BCUT2D eigenvalue weighted by atomic mass is 10.3. The number of rotatable bonds is 4. The van der Waals surface area contributed by atoms with Crippen molar-refractivity contribution in [3.8, 4) is 0 Å². The zero-order chi connectivity index (χ0) is 12.8. The van der Waals surface area contributed by atoms with Crippen LogP contribution in [0.3, 0.4) is 0 Å². The van der Waals surface area contributed by atoms with Crippen LogP contribution in [-0.2, 0) is 4.74 Å². The molecule has 17 heavy (non-hydrogen) atoms. The third-order valence-corrected chi connectivity index (χ3v) is 1.87. The molecule has 0 fully saturated rings. The van der Waals surface area contributed by atoms with Gasteiger partial charge in [-0.1, -0.05) is 0 Å². The molecule has 1 atom stereocenters. The van der Waals surface area contributed by atoms with Gasteiger partial charge in [0.2, 0.25) is 5.28 Å². The molecule has 0 unspecified atom stereocenters. The Morgan fingerprint density at radius 1 is 1.71 bits per heavy atom. The lowest BCUT2D eigenvalue weighted by Crippen LogP contribution is -2.17. The number of amides is 1. The first-order valence-electron chi connectivity index (χ1n) is 4.75. The van der Waals surface area contributed by atoms with Crippen LogP contribution >= 0.6 is 11.6 Å². The standard InChI is InChI=1S/C9H10ClF2N3O2/c1-5(11)2-3-17-9(16)15-7-6(12)4-13-8(10)14-7/h4-5H,2-3H2,1H3,(H,13,14,15,16)/t5-/m0/s1. The van der Waals surface area contributed by atoms with E-state index in [9.17, 15) is 13.6 Å². The van der Waals surface area contributed by atoms with E-state index in [2.05, 4.69) is 14.7 Å². The highest BCUT2D eigenvalue weighted by atomic mass is 35.5. The Morgan fingerprint density at radius 3 is 3.06 bits per heavy atom. The number of nitrogens with zero attached hydrogens (tertiary/aromatic N) is 2. The molecule has 1 amide bonds. The quantitative estimate of drug-likeness (QED) is 0.850. The number of carbonyl (C=O) groups is 1. The van der Waals surface area contributed by atoms with E-state index < -0.39 is 18.1 Å². The van der Waals surface area contributed by atoms with Crippen LogP contribution in [0.5, 0.6) is 0 Å². The summed E-state index contributed by atoms with van der Waals surface area (Å²) in [4.78, 5) is 18.0. The van der Waals surface area contributed by atoms with Gasteiger partial charge in [-0.3, -0.25) is 5.32 Å². The fraction of sp³-hybridized carbons (Fsp3) is 0.444. The minimum atomic E-state index is -1.08. The topological polar surface area (TPSA) is 64.1 Å². The first-order chi connectivity index (χ1) is 7.99. The zero-order valence-electron chi connectivity index (χ0n) is 8.91. The summed E-state index contributed by atoms with van der Waals surface area (Å²) >= 11 is 5.42. The van der Waals surface area contributed by atoms with E-state index in [1.165, 1.54) is 6.92 Å². The molecule has 0 aromatic carbocycles. The monoisotopic (exact) mass is 265 g/mol. The van der Waals surface area contributed by atoms with Crippen molar-refractivity contribution in [2.75, 3.05) is 11.9 Å². The first kappa shape index (κ1) is 13.6. The minimum Gasteiger partial charge on any atom is -0.449 e. The van der Waals surface area contributed by atoms with E-state index in [0.717, 1.165) is 6.20 Å². The number of aromatic nitrogens is 2. The highest BCUT2D eigenvalue weighted by Crippen LogP contribution is 2.12. The molecule has 1 N–H and O–H groups in total. The SMILES string of the molecule is C[C@H](F)CCOC(=O)Nc1nc(Cl)ncc1F. The molecule has 0 bridgehead atoms. The van der Waals surface area contributed by atoms with Gasteiger partial charge < -0.3 is 4.74 Å². The van der Waals surface area contributed by atoms with Crippen LogP contribution in [-0.4, -0.2) is 28.8 Å². The predicted molar refractivity (Wildman–Crippen MR) is 57.2 cm³/mol. The molecule has 0 spiro atoms. The molecule has 1 aromatic heterocycles. The molecule has 0 aliphatic heterocycles. The molecule has 0 saturated heterocycles. The van der Waals surface area contributed by atoms with E-state index in [1.807, 2.05) is 5.32 Å². The third-order valence-electron chi connectivity index (χ3n) is 1.68. The van der Waals surface area contributed by atoms with Crippen molar-refractivity contribution < 1.29 is 18.3 Å². The lowest BCUT2D eigenvalue weighted by Gasteiger charge is -2.07. The molecule has 1 heterocycles. The van der Waals surface area contributed by atoms with Crippen LogP contribution in [0.4, 0.5) is 19.4 Å². The Hall–Kier alpha value is -1.50. The molecular formula is C9H10ClF2N3O2. The fourth-order valence-corrected chi connectivity index (χ4v) is 1.01. The first-order valence-corrected chi connectivity index (χ1v) is 5.12. The maximum Gasteiger partial charge on any atom is 0.412 e. The van der Waals surface area contributed by atoms with Gasteiger partial charge in [-0.2, -0.15) is 4.98 Å². The van der Waals surface area contributed by atoms with Gasteiger partial charge in [0.25, 0.3) is 0 Å². The Labute approximate surface area is 101 Å². The molecule has 5 nitrogen and oxygen atoms in total. The molecule has 8 heteroatoms. The maximum atomic E-state index is 13.1. The van der Waals surface area contributed by atoms with Gasteiger partial charge in [0.05, 0.1) is 12.8 Å². The van der Waals surface area contributed by atoms with E-state index in [4.69, 9.17) is 11.6 Å². The number of anilines is 1. The number of hydrogen-bond acceptors (Lipinski definition) is 4. The van der Waals surface area contributed by atoms with Crippen molar-refractivity contribution in [2.45, 2.75) is 19.5 Å². The van der Waals surface area contributed by atoms with Crippen molar-refractivity contribution in [2.24, 2.45) is 0 Å². The Kier molecular flexibility index (Phi) is 5.02. The predicted octanol–water partition coefficient (Wildman–Crippen LogP) is 2.57. The summed E-state index contributed by atoms with van der Waals surface area (Å²) in [6, 6.07) is 0. The molecule has 1 aromatic rings. The summed E-state index contributed by atoms with van der Waals surface area (Å²) in [5.41, 5.74) is 0. The molecule has 0 aliphatic carbocycles. The number of halogens is 3. The summed E-state index contributed by atoms with van der Waals surface area (Å²) in [5, 5.41) is 1.82. The van der Waals surface area contributed by atoms with Crippen LogP contribution in [0.25, 0.3) is 0 Å². The van der Waals surface area contributed by atoms with Crippen LogP contribution in [0, 0.1) is 5.82 Å².